The summed E-state index contributed by atoms with van der Waals surface area (Å²) in [6.45, 7) is 3.86. The van der Waals surface area contributed by atoms with Crippen molar-refractivity contribution < 1.29 is 54.6 Å². The van der Waals surface area contributed by atoms with Gasteiger partial charge >= 0.3 is 29.8 Å². The number of carboxylic acid groups (broad SMARTS) is 5. The number of hydrogen-bond donors (Lipinski definition) is 11. The summed E-state index contributed by atoms with van der Waals surface area (Å²) in [6, 6.07) is 4.44. The molecule has 0 aliphatic carbocycles. The minimum Gasteiger partial charge on any atom is -0.508 e. The quantitative estimate of drug-likeness (QED) is 0.167. The molecule has 224 valence electrons. The number of carboxylic acids is 5. The van der Waals surface area contributed by atoms with Crippen LogP contribution < -0.4 is 28.3 Å². The van der Waals surface area contributed by atoms with Crippen LogP contribution in [0.3, 0.4) is 0 Å². The normalized spacial score (nSPS) is 14.7. The first-order valence-electron chi connectivity index (χ1n) is 11.5. The molecule has 0 bridgehead atoms. The number of phenols is 1. The summed E-state index contributed by atoms with van der Waals surface area (Å²) in [5, 5.41) is 52.1. The Kier molecular flexibility index (Phi) is 23.7. The zero-order valence-corrected chi connectivity index (χ0v) is 21.9. The molecular weight excluding hydrogens is 522 g/mol. The van der Waals surface area contributed by atoms with Gasteiger partial charge in [0, 0.05) is 0 Å². The van der Waals surface area contributed by atoms with Gasteiger partial charge in [-0.2, -0.15) is 0 Å². The molecule has 16 nitrogen and oxygen atoms in total. The maximum Gasteiger partial charge on any atom is 0.320 e. The highest BCUT2D eigenvalue weighted by atomic mass is 16.4. The Morgan fingerprint density at radius 3 is 1.51 bits per heavy atom. The van der Waals surface area contributed by atoms with Crippen LogP contribution in [0.25, 0.3) is 0 Å². The fourth-order valence-electron chi connectivity index (χ4n) is 2.15. The van der Waals surface area contributed by atoms with E-state index in [0.717, 1.165) is 24.9 Å². The molecule has 1 aliphatic rings. The number of benzene rings is 1. The van der Waals surface area contributed by atoms with Crippen LogP contribution >= 0.6 is 0 Å². The van der Waals surface area contributed by atoms with Crippen molar-refractivity contribution in [3.63, 3.8) is 0 Å². The van der Waals surface area contributed by atoms with Crippen LogP contribution in [0.15, 0.2) is 24.3 Å². The Labute approximate surface area is 225 Å². The minimum absolute atomic E-state index is 0.0208. The zero-order chi connectivity index (χ0) is 31.1. The third-order valence-electron chi connectivity index (χ3n) is 4.42. The molecule has 1 saturated heterocycles. The van der Waals surface area contributed by atoms with E-state index in [4.69, 9.17) is 42.1 Å². The van der Waals surface area contributed by atoms with E-state index in [2.05, 4.69) is 16.8 Å². The third kappa shape index (κ3) is 25.6. The largest absolute Gasteiger partial charge is 0.508 e. The third-order valence-corrected chi connectivity index (χ3v) is 4.42. The van der Waals surface area contributed by atoms with Gasteiger partial charge in [-0.3, -0.25) is 24.0 Å². The van der Waals surface area contributed by atoms with Gasteiger partial charge in [0.2, 0.25) is 0 Å². The Morgan fingerprint density at radius 2 is 1.31 bits per heavy atom. The molecule has 3 atom stereocenters. The van der Waals surface area contributed by atoms with E-state index in [1.165, 1.54) is 12.1 Å². The molecule has 0 amide bonds. The number of carbonyl (C=O) groups is 5. The van der Waals surface area contributed by atoms with Crippen molar-refractivity contribution in [2.24, 2.45) is 28.9 Å². The SMILES string of the molecule is CC(C)[C@H](N)C(=O)O.NCC(=O)O.NCC(=O)O.N[C@@H](Cc1ccc(O)cc1)C(=O)O.O=C(O)[C@@H]1CCCN1. The molecule has 16 heteroatoms. The molecular formula is C23H41N5O11. The summed E-state index contributed by atoms with van der Waals surface area (Å²) in [5.74, 6) is -4.43. The van der Waals surface area contributed by atoms with Gasteiger partial charge in [0.05, 0.1) is 13.1 Å². The number of nitrogens with two attached hydrogens (primary N) is 4. The summed E-state index contributed by atoms with van der Waals surface area (Å²) in [4.78, 5) is 49.0. The maximum atomic E-state index is 10.4. The molecule has 0 unspecified atom stereocenters. The molecule has 1 aromatic rings. The highest BCUT2D eigenvalue weighted by molar-refractivity contribution is 5.74. The van der Waals surface area contributed by atoms with E-state index in [1.807, 2.05) is 0 Å². The Bertz CT molecular complexity index is 835. The zero-order valence-electron chi connectivity index (χ0n) is 21.9. The Hall–Kier alpha value is -3.83. The topological polar surface area (TPSA) is 323 Å². The second-order valence-corrected chi connectivity index (χ2v) is 8.11. The number of hydrogen-bond acceptors (Lipinski definition) is 11. The number of rotatable bonds is 8. The van der Waals surface area contributed by atoms with Gasteiger partial charge in [-0.05, 0) is 49.4 Å². The molecule has 39 heavy (non-hydrogen) atoms. The lowest BCUT2D eigenvalue weighted by Gasteiger charge is -2.07. The number of nitrogens with one attached hydrogen (secondary N) is 1. The molecule has 1 aliphatic heterocycles. The molecule has 0 aromatic heterocycles. The number of phenolic OH excluding ortho intramolecular Hbond substituents is 1. The lowest BCUT2D eigenvalue weighted by atomic mass is 10.1. The maximum absolute atomic E-state index is 10.4. The second-order valence-electron chi connectivity index (χ2n) is 8.11. The standard InChI is InChI=1S/C9H11NO3.C5H9NO2.C5H11NO2.2C2H5NO2/c10-8(9(12)13)5-6-1-3-7(11)4-2-6;7-5(8)4-2-1-3-6-4;1-3(2)4(6)5(7)8;2*3-1-2(4)5/h1-4,8,11H,5,10H2,(H,12,13);4,6H,1-3H2,(H,7,8);3-4H,6H2,1-2H3,(H,7,8);2*1,3H2,(H,4,5)/t8-;2*4-;;/m000../s1. The van der Waals surface area contributed by atoms with E-state index in [9.17, 15) is 24.0 Å². The number of aliphatic carboxylic acids is 5. The van der Waals surface area contributed by atoms with Crippen molar-refractivity contribution in [2.45, 2.75) is 51.2 Å². The van der Waals surface area contributed by atoms with Crippen molar-refractivity contribution in [3.05, 3.63) is 29.8 Å². The van der Waals surface area contributed by atoms with Crippen LogP contribution in [0.5, 0.6) is 5.75 Å². The average Bonchev–Trinajstić information content (AvgIpc) is 3.42. The van der Waals surface area contributed by atoms with Crippen molar-refractivity contribution in [3.8, 4) is 5.75 Å². The van der Waals surface area contributed by atoms with E-state index >= 15 is 0 Å². The summed E-state index contributed by atoms with van der Waals surface area (Å²) < 4.78 is 0. The van der Waals surface area contributed by atoms with Crippen LogP contribution in [0.1, 0.15) is 32.3 Å². The minimum atomic E-state index is -1.02. The molecule has 1 heterocycles. The lowest BCUT2D eigenvalue weighted by Crippen LogP contribution is -2.34. The van der Waals surface area contributed by atoms with Crippen molar-refractivity contribution in [2.75, 3.05) is 19.6 Å². The predicted molar refractivity (Wildman–Crippen MR) is 140 cm³/mol. The molecule has 15 N–H and O–H groups in total. The van der Waals surface area contributed by atoms with Gasteiger partial charge in [0.1, 0.15) is 23.9 Å². The van der Waals surface area contributed by atoms with Crippen LogP contribution in [0.2, 0.25) is 0 Å². The average molecular weight is 564 g/mol. The second kappa shape index (κ2) is 23.3. The molecule has 1 aromatic carbocycles. The fourth-order valence-corrected chi connectivity index (χ4v) is 2.15. The molecule has 0 saturated carbocycles. The predicted octanol–water partition coefficient (Wildman–Crippen LogP) is -1.72. The first-order chi connectivity index (χ1) is 18.0. The van der Waals surface area contributed by atoms with Gasteiger partial charge < -0.3 is 58.9 Å². The highest BCUT2D eigenvalue weighted by Crippen LogP contribution is 2.10. The van der Waals surface area contributed by atoms with Crippen LogP contribution in [0.4, 0.5) is 0 Å². The number of aromatic hydroxyl groups is 1. The lowest BCUT2D eigenvalue weighted by molar-refractivity contribution is -0.140. The van der Waals surface area contributed by atoms with Gasteiger partial charge in [0.25, 0.3) is 0 Å². The van der Waals surface area contributed by atoms with Crippen molar-refractivity contribution in [1.82, 2.24) is 5.32 Å². The monoisotopic (exact) mass is 563 g/mol. The Morgan fingerprint density at radius 1 is 0.872 bits per heavy atom. The molecule has 2 rings (SSSR count). The summed E-state index contributed by atoms with van der Waals surface area (Å²) in [7, 11) is 0. The van der Waals surface area contributed by atoms with Gasteiger partial charge in [0.15, 0.2) is 0 Å². The van der Waals surface area contributed by atoms with Crippen LogP contribution in [0, 0.1) is 5.92 Å². The van der Waals surface area contributed by atoms with E-state index in [0.29, 0.717) is 0 Å². The summed E-state index contributed by atoms with van der Waals surface area (Å²) in [5.41, 5.74) is 20.4. The van der Waals surface area contributed by atoms with Gasteiger partial charge in [-0.15, -0.1) is 0 Å². The molecule has 0 radical (unpaired) electrons. The molecule has 0 spiro atoms. The van der Waals surface area contributed by atoms with Crippen molar-refractivity contribution in [1.29, 1.82) is 0 Å². The highest BCUT2D eigenvalue weighted by Gasteiger charge is 2.20. The van der Waals surface area contributed by atoms with Gasteiger partial charge in [-0.25, -0.2) is 0 Å². The van der Waals surface area contributed by atoms with Crippen LogP contribution in [-0.4, -0.2) is 98.2 Å². The first-order valence-corrected chi connectivity index (χ1v) is 11.5. The van der Waals surface area contributed by atoms with E-state index < -0.39 is 41.9 Å². The van der Waals surface area contributed by atoms with Crippen molar-refractivity contribution >= 4 is 29.8 Å². The van der Waals surface area contributed by atoms with Crippen LogP contribution in [-0.2, 0) is 30.4 Å². The first kappa shape index (κ1) is 39.7. The summed E-state index contributed by atoms with van der Waals surface area (Å²) in [6.07, 6.45) is 2.06. The van der Waals surface area contributed by atoms with E-state index in [1.54, 1.807) is 26.0 Å². The van der Waals surface area contributed by atoms with Gasteiger partial charge in [-0.1, -0.05) is 26.0 Å². The Balaban J connectivity index is -0.000000439. The molecule has 1 fully saturated rings. The smallest absolute Gasteiger partial charge is 0.320 e. The fraction of sp³-hybridized carbons (Fsp3) is 0.522. The van der Waals surface area contributed by atoms with E-state index in [-0.39, 0.29) is 37.2 Å². The summed E-state index contributed by atoms with van der Waals surface area (Å²) >= 11 is 0.